The molecule has 0 radical (unpaired) electrons. The van der Waals surface area contributed by atoms with E-state index in [-0.39, 0.29) is 29.9 Å². The standard InChI is InChI=1S/C46H28N2S/c1-3-12-31(13-4-1)47-39-20-9-7-16-33(39)37-26-29(22-24-40(37)47)30-23-25-41-38(27-30)45-36-19-11-18-35-34-17-8-10-21-43(34)49-44(46(35)36)28-42(45)48(41)32-14-5-2-6-15-32/h1-28H/i2D,5D,6D,14D,15D. The van der Waals surface area contributed by atoms with Gasteiger partial charge < -0.3 is 9.13 Å². The minimum atomic E-state index is -0.404. The molecule has 0 fully saturated rings. The summed E-state index contributed by atoms with van der Waals surface area (Å²) in [7, 11) is 0. The normalized spacial score (nSPS) is 13.8. The van der Waals surface area contributed by atoms with Crippen molar-refractivity contribution in [3.8, 4) is 33.6 Å². The zero-order valence-corrected chi connectivity index (χ0v) is 26.9. The maximum absolute atomic E-state index is 9.05. The monoisotopic (exact) mass is 645 g/mol. The third-order valence-electron chi connectivity index (χ3n) is 9.98. The van der Waals surface area contributed by atoms with E-state index in [4.69, 9.17) is 6.85 Å². The van der Waals surface area contributed by atoms with Crippen LogP contribution in [0.4, 0.5) is 0 Å². The molecule has 10 aromatic rings. The van der Waals surface area contributed by atoms with E-state index in [1.807, 2.05) is 16.7 Å². The van der Waals surface area contributed by atoms with Crippen molar-refractivity contribution >= 4 is 66.1 Å². The zero-order chi connectivity index (χ0) is 36.4. The third kappa shape index (κ3) is 3.85. The van der Waals surface area contributed by atoms with Crippen molar-refractivity contribution in [2.45, 2.75) is 9.79 Å². The summed E-state index contributed by atoms with van der Waals surface area (Å²) in [5, 5.41) is 6.50. The number of nitrogens with zero attached hydrogens (tertiary/aromatic N) is 2. The number of hydrogen-bond acceptors (Lipinski definition) is 1. The van der Waals surface area contributed by atoms with Crippen molar-refractivity contribution in [2.75, 3.05) is 0 Å². The molecule has 0 N–H and O–H groups in total. The van der Waals surface area contributed by atoms with E-state index in [0.29, 0.717) is 0 Å². The third-order valence-corrected chi connectivity index (χ3v) is 11.1. The fourth-order valence-corrected chi connectivity index (χ4v) is 9.10. The summed E-state index contributed by atoms with van der Waals surface area (Å²) in [6.07, 6.45) is 0. The lowest BCUT2D eigenvalue weighted by Gasteiger charge is -2.21. The van der Waals surface area contributed by atoms with Gasteiger partial charge in [0, 0.05) is 48.1 Å². The second-order valence-electron chi connectivity index (χ2n) is 12.6. The van der Waals surface area contributed by atoms with Crippen molar-refractivity contribution in [1.29, 1.82) is 0 Å². The molecule has 228 valence electrons. The Kier molecular flexibility index (Phi) is 4.70. The molecule has 2 aromatic heterocycles. The Bertz CT molecular complexity index is 3230. The molecule has 3 heteroatoms. The highest BCUT2D eigenvalue weighted by Crippen LogP contribution is 2.51. The molecule has 0 unspecified atom stereocenters. The summed E-state index contributed by atoms with van der Waals surface area (Å²) in [5.74, 6) is 0. The summed E-state index contributed by atoms with van der Waals surface area (Å²) >= 11 is 1.71. The lowest BCUT2D eigenvalue weighted by atomic mass is 9.94. The molecular formula is C46H28N2S. The molecule has 0 amide bonds. The summed E-state index contributed by atoms with van der Waals surface area (Å²) in [5.41, 5.74) is 9.56. The van der Waals surface area contributed by atoms with Gasteiger partial charge in [0.25, 0.3) is 0 Å². The van der Waals surface area contributed by atoms with Crippen molar-refractivity contribution in [3.05, 3.63) is 170 Å². The summed E-state index contributed by atoms with van der Waals surface area (Å²) in [6, 6.07) is 47.4. The summed E-state index contributed by atoms with van der Waals surface area (Å²) in [6.45, 7) is 0. The van der Waals surface area contributed by atoms with Crippen LogP contribution < -0.4 is 0 Å². The first-order valence-electron chi connectivity index (χ1n) is 18.9. The fraction of sp³-hybridized carbons (Fsp3) is 0. The maximum Gasteiger partial charge on any atom is 0.0645 e. The van der Waals surface area contributed by atoms with Gasteiger partial charge >= 0.3 is 0 Å². The second kappa shape index (κ2) is 10.2. The highest BCUT2D eigenvalue weighted by molar-refractivity contribution is 7.99. The largest absolute Gasteiger partial charge is 0.309 e. The first-order valence-corrected chi connectivity index (χ1v) is 17.2. The van der Waals surface area contributed by atoms with Crippen molar-refractivity contribution < 1.29 is 6.85 Å². The fourth-order valence-electron chi connectivity index (χ4n) is 7.94. The van der Waals surface area contributed by atoms with Gasteiger partial charge in [0.1, 0.15) is 0 Å². The zero-order valence-electron chi connectivity index (χ0n) is 31.1. The quantitative estimate of drug-likeness (QED) is 0.186. The molecule has 3 heterocycles. The van der Waals surface area contributed by atoms with Gasteiger partial charge in [0.2, 0.25) is 0 Å². The van der Waals surface area contributed by atoms with E-state index in [2.05, 4.69) is 132 Å². The Morgan fingerprint density at radius 2 is 1.06 bits per heavy atom. The van der Waals surface area contributed by atoms with E-state index in [9.17, 15) is 0 Å². The van der Waals surface area contributed by atoms with Crippen LogP contribution in [0.2, 0.25) is 0 Å². The SMILES string of the molecule is [2H]c1c([2H])c([2H])c(-n2c3ccc(-c4ccc5c(c4)c4ccccc4n5-c4ccccc4)cc3c3c4cccc5c4c(cc32)Sc2ccccc2-5)c([2H])c1[2H]. The summed E-state index contributed by atoms with van der Waals surface area (Å²) < 4.78 is 47.8. The number of fused-ring (bicyclic) bond motifs is 9. The number of para-hydroxylation sites is 3. The predicted molar refractivity (Wildman–Crippen MR) is 208 cm³/mol. The van der Waals surface area contributed by atoms with Gasteiger partial charge in [-0.2, -0.15) is 0 Å². The molecule has 0 bridgehead atoms. The molecule has 8 aromatic carbocycles. The van der Waals surface area contributed by atoms with Gasteiger partial charge in [-0.1, -0.05) is 115 Å². The number of rotatable bonds is 3. The average molecular weight is 646 g/mol. The van der Waals surface area contributed by atoms with Gasteiger partial charge in [-0.05, 0) is 94.3 Å². The van der Waals surface area contributed by atoms with E-state index < -0.39 is 6.04 Å². The molecule has 0 spiro atoms. The molecule has 0 atom stereocenters. The first kappa shape index (κ1) is 22.5. The van der Waals surface area contributed by atoms with Gasteiger partial charge in [0.05, 0.1) is 28.9 Å². The highest BCUT2D eigenvalue weighted by Gasteiger charge is 2.24. The second-order valence-corrected chi connectivity index (χ2v) is 13.6. The van der Waals surface area contributed by atoms with E-state index in [0.717, 1.165) is 75.6 Å². The van der Waals surface area contributed by atoms with Gasteiger partial charge in [-0.3, -0.25) is 0 Å². The van der Waals surface area contributed by atoms with Crippen LogP contribution in [-0.4, -0.2) is 9.13 Å². The van der Waals surface area contributed by atoms with Crippen LogP contribution in [0, 0.1) is 0 Å². The van der Waals surface area contributed by atoms with Crippen molar-refractivity contribution in [2.24, 2.45) is 0 Å². The predicted octanol–water partition coefficient (Wildman–Crippen LogP) is 12.8. The minimum Gasteiger partial charge on any atom is -0.309 e. The van der Waals surface area contributed by atoms with Gasteiger partial charge in [0.15, 0.2) is 0 Å². The molecule has 0 aliphatic carbocycles. The lowest BCUT2D eigenvalue weighted by molar-refractivity contribution is 1.18. The van der Waals surface area contributed by atoms with Crippen molar-refractivity contribution in [3.63, 3.8) is 0 Å². The smallest absolute Gasteiger partial charge is 0.0645 e. The number of aromatic nitrogens is 2. The molecule has 0 saturated heterocycles. The van der Waals surface area contributed by atoms with E-state index in [1.165, 1.54) is 16.5 Å². The molecule has 49 heavy (non-hydrogen) atoms. The van der Waals surface area contributed by atoms with Crippen LogP contribution in [0.5, 0.6) is 0 Å². The van der Waals surface area contributed by atoms with Crippen LogP contribution >= 0.6 is 11.8 Å². The maximum atomic E-state index is 9.05. The lowest BCUT2D eigenvalue weighted by Crippen LogP contribution is -1.96. The van der Waals surface area contributed by atoms with Crippen LogP contribution in [0.25, 0.3) is 88.0 Å². The van der Waals surface area contributed by atoms with Crippen molar-refractivity contribution in [1.82, 2.24) is 9.13 Å². The molecule has 2 nitrogen and oxygen atoms in total. The van der Waals surface area contributed by atoms with Crippen LogP contribution in [0.1, 0.15) is 6.85 Å². The summed E-state index contributed by atoms with van der Waals surface area (Å²) in [4.78, 5) is 2.23. The Morgan fingerprint density at radius 1 is 0.408 bits per heavy atom. The molecule has 0 saturated carbocycles. The Labute approximate surface area is 294 Å². The number of benzene rings is 8. The van der Waals surface area contributed by atoms with E-state index >= 15 is 0 Å². The minimum absolute atomic E-state index is 0.146. The van der Waals surface area contributed by atoms with Crippen LogP contribution in [0.3, 0.4) is 0 Å². The van der Waals surface area contributed by atoms with Gasteiger partial charge in [-0.15, -0.1) is 0 Å². The topological polar surface area (TPSA) is 9.86 Å². The molecule has 11 rings (SSSR count). The van der Waals surface area contributed by atoms with Crippen LogP contribution in [0.15, 0.2) is 180 Å². The molecule has 1 aliphatic rings. The van der Waals surface area contributed by atoms with Crippen LogP contribution in [-0.2, 0) is 0 Å². The Morgan fingerprint density at radius 3 is 1.92 bits per heavy atom. The average Bonchev–Trinajstić information content (AvgIpc) is 3.72. The molecule has 1 aliphatic heterocycles. The first-order chi connectivity index (χ1) is 26.4. The Hall–Kier alpha value is -6.03. The molecular weight excluding hydrogens is 613 g/mol. The number of hydrogen-bond donors (Lipinski definition) is 0. The Balaban J connectivity index is 1.23. The van der Waals surface area contributed by atoms with Gasteiger partial charge in [-0.25, -0.2) is 0 Å². The highest BCUT2D eigenvalue weighted by atomic mass is 32.2. The van der Waals surface area contributed by atoms with E-state index in [1.54, 1.807) is 11.8 Å².